The Kier molecular flexibility index (Phi) is 3.97. The Morgan fingerprint density at radius 1 is 1.45 bits per heavy atom. The van der Waals surface area contributed by atoms with Gasteiger partial charge in [0, 0.05) is 24.6 Å². The van der Waals surface area contributed by atoms with E-state index in [-0.39, 0.29) is 11.3 Å². The highest BCUT2D eigenvalue weighted by Gasteiger charge is 2.38. The predicted molar refractivity (Wildman–Crippen MR) is 69.7 cm³/mol. The molecule has 0 aliphatic carbocycles. The molecule has 7 nitrogen and oxygen atoms in total. The number of Topliss-reactive ketones (excluding diaryl/α,β-unsaturated/α-hetero) is 1. The molecule has 1 aromatic rings. The molecule has 2 N–H and O–H groups in total. The topological polar surface area (TPSA) is 103 Å². The number of amides is 1. The number of methoxy groups -OCH3 is 1. The Morgan fingerprint density at radius 2 is 2.20 bits per heavy atom. The van der Waals surface area contributed by atoms with E-state index in [1.54, 1.807) is 0 Å². The SMILES string of the molecule is COC(=O)C1CCCN1C(=O)C(=O)c1cnccc1N. The van der Waals surface area contributed by atoms with Crippen LogP contribution in [0.3, 0.4) is 0 Å². The summed E-state index contributed by atoms with van der Waals surface area (Å²) in [6.45, 7) is 0.352. The molecule has 106 valence electrons. The summed E-state index contributed by atoms with van der Waals surface area (Å²) in [5.74, 6) is -2.02. The number of likely N-dealkylation sites (tertiary alicyclic amines) is 1. The lowest BCUT2D eigenvalue weighted by molar-refractivity contribution is -0.149. The highest BCUT2D eigenvalue weighted by Crippen LogP contribution is 2.20. The number of ketones is 1. The van der Waals surface area contributed by atoms with Crippen LogP contribution in [0.2, 0.25) is 0 Å². The number of esters is 1. The molecule has 0 aromatic carbocycles. The second-order valence-electron chi connectivity index (χ2n) is 4.47. The van der Waals surface area contributed by atoms with Crippen molar-refractivity contribution in [1.29, 1.82) is 0 Å². The van der Waals surface area contributed by atoms with Crippen molar-refractivity contribution >= 4 is 23.3 Å². The van der Waals surface area contributed by atoms with E-state index in [0.29, 0.717) is 19.4 Å². The second kappa shape index (κ2) is 5.68. The quantitative estimate of drug-likeness (QED) is 0.474. The average molecular weight is 277 g/mol. The van der Waals surface area contributed by atoms with Gasteiger partial charge in [0.2, 0.25) is 0 Å². The average Bonchev–Trinajstić information content (AvgIpc) is 2.94. The summed E-state index contributed by atoms with van der Waals surface area (Å²) in [4.78, 5) is 41.0. The van der Waals surface area contributed by atoms with Gasteiger partial charge >= 0.3 is 5.97 Å². The lowest BCUT2D eigenvalue weighted by Gasteiger charge is -2.21. The lowest BCUT2D eigenvalue weighted by Crippen LogP contribution is -2.44. The van der Waals surface area contributed by atoms with Crippen molar-refractivity contribution in [2.24, 2.45) is 0 Å². The maximum atomic E-state index is 12.2. The van der Waals surface area contributed by atoms with E-state index in [1.165, 1.54) is 30.5 Å². The van der Waals surface area contributed by atoms with E-state index in [4.69, 9.17) is 5.73 Å². The molecule has 1 atom stereocenters. The number of nitrogens with zero attached hydrogens (tertiary/aromatic N) is 2. The molecule has 1 aliphatic rings. The molecule has 1 unspecified atom stereocenters. The number of nitrogen functional groups attached to an aromatic ring is 1. The molecular weight excluding hydrogens is 262 g/mol. The number of aromatic nitrogens is 1. The zero-order valence-electron chi connectivity index (χ0n) is 11.0. The van der Waals surface area contributed by atoms with Gasteiger partial charge in [0.25, 0.3) is 11.7 Å². The van der Waals surface area contributed by atoms with Crippen LogP contribution in [0.1, 0.15) is 23.2 Å². The standard InChI is InChI=1S/C13H15N3O4/c1-20-13(19)10-3-2-6-16(10)12(18)11(17)8-7-15-5-4-9(8)14/h4-5,7,10H,2-3,6H2,1H3,(H2,14,15). The molecule has 20 heavy (non-hydrogen) atoms. The van der Waals surface area contributed by atoms with Crippen LogP contribution in [0.5, 0.6) is 0 Å². The van der Waals surface area contributed by atoms with Gasteiger partial charge in [-0.3, -0.25) is 14.6 Å². The van der Waals surface area contributed by atoms with Gasteiger partial charge in [-0.15, -0.1) is 0 Å². The van der Waals surface area contributed by atoms with Crippen LogP contribution in [-0.2, 0) is 14.3 Å². The molecular formula is C13H15N3O4. The van der Waals surface area contributed by atoms with Gasteiger partial charge in [0.15, 0.2) is 0 Å². The van der Waals surface area contributed by atoms with Crippen molar-refractivity contribution in [2.75, 3.05) is 19.4 Å². The molecule has 2 rings (SSSR count). The van der Waals surface area contributed by atoms with E-state index in [1.807, 2.05) is 0 Å². The highest BCUT2D eigenvalue weighted by molar-refractivity contribution is 6.44. The van der Waals surface area contributed by atoms with Gasteiger partial charge in [0.1, 0.15) is 6.04 Å². The number of pyridine rings is 1. The molecule has 1 aliphatic heterocycles. The summed E-state index contributed by atoms with van der Waals surface area (Å²) in [6, 6.07) is 0.747. The Bertz CT molecular complexity index is 558. The summed E-state index contributed by atoms with van der Waals surface area (Å²) in [5, 5.41) is 0. The van der Waals surface area contributed by atoms with Crippen molar-refractivity contribution in [3.63, 3.8) is 0 Å². The van der Waals surface area contributed by atoms with Crippen LogP contribution in [0.25, 0.3) is 0 Å². The minimum atomic E-state index is -0.758. The smallest absolute Gasteiger partial charge is 0.328 e. The Morgan fingerprint density at radius 3 is 2.85 bits per heavy atom. The summed E-state index contributed by atoms with van der Waals surface area (Å²) in [6.07, 6.45) is 3.83. The van der Waals surface area contributed by atoms with Gasteiger partial charge in [-0.25, -0.2) is 4.79 Å². The number of nitrogens with two attached hydrogens (primary N) is 1. The normalized spacial score (nSPS) is 17.9. The van der Waals surface area contributed by atoms with Crippen LogP contribution < -0.4 is 5.73 Å². The third-order valence-corrected chi connectivity index (χ3v) is 3.28. The van der Waals surface area contributed by atoms with Crippen molar-refractivity contribution < 1.29 is 19.1 Å². The van der Waals surface area contributed by atoms with Crippen LogP contribution in [0, 0.1) is 0 Å². The van der Waals surface area contributed by atoms with Crippen LogP contribution >= 0.6 is 0 Å². The minimum absolute atomic E-state index is 0.0491. The fourth-order valence-electron chi connectivity index (χ4n) is 2.23. The molecule has 1 amide bonds. The van der Waals surface area contributed by atoms with E-state index in [9.17, 15) is 14.4 Å². The van der Waals surface area contributed by atoms with Crippen molar-refractivity contribution in [3.05, 3.63) is 24.0 Å². The number of carbonyl (C=O) groups is 3. The van der Waals surface area contributed by atoms with Crippen molar-refractivity contribution in [1.82, 2.24) is 9.88 Å². The zero-order valence-corrected chi connectivity index (χ0v) is 11.0. The molecule has 0 radical (unpaired) electrons. The first kappa shape index (κ1) is 14.0. The first-order chi connectivity index (χ1) is 9.56. The van der Waals surface area contributed by atoms with E-state index in [2.05, 4.69) is 9.72 Å². The summed E-state index contributed by atoms with van der Waals surface area (Å²) < 4.78 is 4.64. The first-order valence-electron chi connectivity index (χ1n) is 6.19. The third-order valence-electron chi connectivity index (χ3n) is 3.28. The van der Waals surface area contributed by atoms with Gasteiger partial charge in [-0.05, 0) is 18.9 Å². The van der Waals surface area contributed by atoms with E-state index < -0.39 is 23.7 Å². The first-order valence-corrected chi connectivity index (χ1v) is 6.19. The largest absolute Gasteiger partial charge is 0.467 e. The third kappa shape index (κ3) is 2.47. The molecule has 0 saturated carbocycles. The molecule has 7 heteroatoms. The van der Waals surface area contributed by atoms with E-state index in [0.717, 1.165) is 0 Å². The number of anilines is 1. The predicted octanol–water partition coefficient (Wildman–Crippen LogP) is 0.0105. The Hall–Kier alpha value is -2.44. The minimum Gasteiger partial charge on any atom is -0.467 e. The maximum Gasteiger partial charge on any atom is 0.328 e. The molecule has 0 bridgehead atoms. The fourth-order valence-corrected chi connectivity index (χ4v) is 2.23. The van der Waals surface area contributed by atoms with Gasteiger partial charge in [-0.1, -0.05) is 0 Å². The molecule has 1 fully saturated rings. The number of hydrogen-bond donors (Lipinski definition) is 1. The van der Waals surface area contributed by atoms with E-state index >= 15 is 0 Å². The number of rotatable bonds is 3. The van der Waals surface area contributed by atoms with Gasteiger partial charge < -0.3 is 15.4 Å². The van der Waals surface area contributed by atoms with Crippen LogP contribution in [0.15, 0.2) is 18.5 Å². The van der Waals surface area contributed by atoms with Gasteiger partial charge in [-0.2, -0.15) is 0 Å². The van der Waals surface area contributed by atoms with Crippen LogP contribution in [-0.4, -0.2) is 47.2 Å². The van der Waals surface area contributed by atoms with Crippen molar-refractivity contribution in [2.45, 2.75) is 18.9 Å². The van der Waals surface area contributed by atoms with Gasteiger partial charge in [0.05, 0.1) is 12.7 Å². The summed E-state index contributed by atoms with van der Waals surface area (Å²) >= 11 is 0. The second-order valence-corrected chi connectivity index (χ2v) is 4.47. The lowest BCUT2D eigenvalue weighted by atomic mass is 10.1. The molecule has 1 saturated heterocycles. The molecule has 1 aromatic heterocycles. The monoisotopic (exact) mass is 277 g/mol. The number of ether oxygens (including phenoxy) is 1. The number of hydrogen-bond acceptors (Lipinski definition) is 6. The maximum absolute atomic E-state index is 12.2. The fraction of sp³-hybridized carbons (Fsp3) is 0.385. The Balaban J connectivity index is 2.21. The van der Waals surface area contributed by atoms with Crippen molar-refractivity contribution in [3.8, 4) is 0 Å². The molecule has 2 heterocycles. The van der Waals surface area contributed by atoms with Crippen LogP contribution in [0.4, 0.5) is 5.69 Å². The summed E-state index contributed by atoms with van der Waals surface area (Å²) in [7, 11) is 1.25. The highest BCUT2D eigenvalue weighted by atomic mass is 16.5. The molecule has 0 spiro atoms. The summed E-state index contributed by atoms with van der Waals surface area (Å²) in [5.41, 5.74) is 5.89. The Labute approximate surface area is 115 Å². The number of carbonyl (C=O) groups excluding carboxylic acids is 3. The zero-order chi connectivity index (χ0) is 14.7.